The third-order valence-electron chi connectivity index (χ3n) is 4.02. The molecule has 0 bridgehead atoms. The van der Waals surface area contributed by atoms with Crippen molar-refractivity contribution >= 4 is 41.8 Å². The average molecular weight is 422 g/mol. The maximum Gasteiger partial charge on any atom is 0.229 e. The predicted molar refractivity (Wildman–Crippen MR) is 97.4 cm³/mol. The summed E-state index contributed by atoms with van der Waals surface area (Å²) in [7, 11) is 0. The fraction of sp³-hybridized carbons (Fsp3) is 0.800. The largest absolute Gasteiger partial charge is 0.357 e. The second-order valence-electron chi connectivity index (χ2n) is 5.68. The highest BCUT2D eigenvalue weighted by molar-refractivity contribution is 14.0. The van der Waals surface area contributed by atoms with Crippen LogP contribution in [-0.2, 0) is 9.59 Å². The van der Waals surface area contributed by atoms with Crippen molar-refractivity contribution in [3.05, 3.63) is 0 Å². The number of rotatable bonds is 5. The number of nitrogens with zero attached hydrogens (tertiary/aromatic N) is 2. The van der Waals surface area contributed by atoms with E-state index in [-0.39, 0.29) is 35.8 Å². The van der Waals surface area contributed by atoms with E-state index in [1.807, 2.05) is 6.92 Å². The molecule has 22 heavy (non-hydrogen) atoms. The first-order valence-corrected chi connectivity index (χ1v) is 8.08. The Balaban J connectivity index is 0.00000242. The van der Waals surface area contributed by atoms with E-state index < -0.39 is 0 Å². The molecule has 1 heterocycles. The number of carbonyl (C=O) groups excluding carboxylic acids is 2. The molecule has 7 heteroatoms. The Kier molecular flexibility index (Phi) is 8.74. The number of aliphatic imine (C=N–C) groups is 1. The van der Waals surface area contributed by atoms with Gasteiger partial charge >= 0.3 is 0 Å². The summed E-state index contributed by atoms with van der Waals surface area (Å²) in [5.41, 5.74) is 0. The molecule has 1 saturated heterocycles. The van der Waals surface area contributed by atoms with E-state index in [0.29, 0.717) is 38.4 Å². The van der Waals surface area contributed by atoms with Crippen molar-refractivity contribution in [1.29, 1.82) is 0 Å². The van der Waals surface area contributed by atoms with Gasteiger partial charge in [-0.05, 0) is 26.2 Å². The van der Waals surface area contributed by atoms with Gasteiger partial charge in [0.25, 0.3) is 0 Å². The Hall–Kier alpha value is -0.860. The van der Waals surface area contributed by atoms with Gasteiger partial charge in [-0.25, -0.2) is 0 Å². The van der Waals surface area contributed by atoms with Gasteiger partial charge in [0.05, 0.1) is 6.54 Å². The number of likely N-dealkylation sites (tertiary alicyclic amines) is 1. The van der Waals surface area contributed by atoms with E-state index in [1.54, 1.807) is 0 Å². The Morgan fingerprint density at radius 1 is 1.18 bits per heavy atom. The van der Waals surface area contributed by atoms with Crippen molar-refractivity contribution in [3.8, 4) is 0 Å². The number of guanidine groups is 1. The Morgan fingerprint density at radius 3 is 2.41 bits per heavy atom. The number of hydrogen-bond donors (Lipinski definition) is 2. The molecule has 2 N–H and O–H groups in total. The number of nitrogens with one attached hydrogen (secondary N) is 2. The fourth-order valence-electron chi connectivity index (χ4n) is 2.89. The van der Waals surface area contributed by atoms with Crippen LogP contribution in [0.25, 0.3) is 0 Å². The number of piperidine rings is 1. The number of hydrogen-bond acceptors (Lipinski definition) is 3. The lowest BCUT2D eigenvalue weighted by atomic mass is 10.1. The van der Waals surface area contributed by atoms with Crippen LogP contribution in [0.3, 0.4) is 0 Å². The molecule has 2 fully saturated rings. The molecule has 6 nitrogen and oxygen atoms in total. The van der Waals surface area contributed by atoms with Gasteiger partial charge in [-0.1, -0.05) is 12.8 Å². The molecule has 0 spiro atoms. The Morgan fingerprint density at radius 2 is 1.82 bits per heavy atom. The van der Waals surface area contributed by atoms with Crippen molar-refractivity contribution in [3.63, 3.8) is 0 Å². The molecule has 0 atom stereocenters. The average Bonchev–Trinajstić information content (AvgIpc) is 2.95. The Labute approximate surface area is 149 Å². The second kappa shape index (κ2) is 10.0. The minimum atomic E-state index is -0.0600. The summed E-state index contributed by atoms with van der Waals surface area (Å²) in [5.74, 6) is 0.673. The molecule has 0 aromatic rings. The molecule has 1 saturated carbocycles. The van der Waals surface area contributed by atoms with E-state index in [4.69, 9.17) is 0 Å². The van der Waals surface area contributed by atoms with Crippen LogP contribution in [0.15, 0.2) is 4.99 Å². The van der Waals surface area contributed by atoms with Crippen LogP contribution in [0, 0.1) is 0 Å². The highest BCUT2D eigenvalue weighted by Crippen LogP contribution is 2.17. The van der Waals surface area contributed by atoms with E-state index >= 15 is 0 Å². The first-order valence-electron chi connectivity index (χ1n) is 8.08. The van der Waals surface area contributed by atoms with Crippen molar-refractivity contribution in [2.24, 2.45) is 4.99 Å². The third kappa shape index (κ3) is 5.73. The quantitative estimate of drug-likeness (QED) is 0.306. The van der Waals surface area contributed by atoms with Gasteiger partial charge in [0.15, 0.2) is 5.96 Å². The highest BCUT2D eigenvalue weighted by Gasteiger charge is 2.25. The van der Waals surface area contributed by atoms with Gasteiger partial charge in [0.2, 0.25) is 11.8 Å². The van der Waals surface area contributed by atoms with Crippen molar-refractivity contribution in [2.75, 3.05) is 19.6 Å². The molecule has 0 aromatic carbocycles. The van der Waals surface area contributed by atoms with E-state index in [1.165, 1.54) is 30.6 Å². The number of halogens is 1. The lowest BCUT2D eigenvalue weighted by molar-refractivity contribution is -0.147. The summed E-state index contributed by atoms with van der Waals surface area (Å²) in [6, 6.07) is 0.501. The van der Waals surface area contributed by atoms with E-state index in [9.17, 15) is 9.59 Å². The van der Waals surface area contributed by atoms with Crippen LogP contribution in [0.1, 0.15) is 51.9 Å². The maximum atomic E-state index is 11.7. The summed E-state index contributed by atoms with van der Waals surface area (Å²) in [5, 5.41) is 6.65. The zero-order valence-corrected chi connectivity index (χ0v) is 15.6. The van der Waals surface area contributed by atoms with Crippen LogP contribution >= 0.6 is 24.0 Å². The number of carbonyl (C=O) groups is 2. The van der Waals surface area contributed by atoms with Crippen LogP contribution in [0.4, 0.5) is 0 Å². The summed E-state index contributed by atoms with van der Waals surface area (Å²) < 4.78 is 0. The maximum absolute atomic E-state index is 11.7. The van der Waals surface area contributed by atoms with Crippen LogP contribution < -0.4 is 10.6 Å². The van der Waals surface area contributed by atoms with Gasteiger partial charge in [0.1, 0.15) is 0 Å². The predicted octanol–water partition coefficient (Wildman–Crippen LogP) is 1.64. The minimum absolute atomic E-state index is 0. The number of imide groups is 1. The standard InChI is InChI=1S/C15H26N4O2.HI/c1-2-16-15(18-12-6-3-4-7-12)17-10-11-19-13(20)8-5-9-14(19)21;/h12H,2-11H2,1H3,(H2,16,17,18);1H. The molecule has 1 aliphatic carbocycles. The van der Waals surface area contributed by atoms with Crippen molar-refractivity contribution < 1.29 is 9.59 Å². The smallest absolute Gasteiger partial charge is 0.229 e. The minimum Gasteiger partial charge on any atom is -0.357 e. The summed E-state index contributed by atoms with van der Waals surface area (Å²) >= 11 is 0. The molecule has 0 radical (unpaired) electrons. The van der Waals surface area contributed by atoms with Crippen LogP contribution in [0.5, 0.6) is 0 Å². The molecule has 2 aliphatic rings. The number of amides is 2. The summed E-state index contributed by atoms with van der Waals surface area (Å²) in [6.07, 6.45) is 6.57. The second-order valence-corrected chi connectivity index (χ2v) is 5.68. The normalized spacial score (nSPS) is 20.0. The molecule has 0 unspecified atom stereocenters. The third-order valence-corrected chi connectivity index (χ3v) is 4.02. The van der Waals surface area contributed by atoms with E-state index in [2.05, 4.69) is 15.6 Å². The molecule has 126 valence electrons. The molecular weight excluding hydrogens is 395 g/mol. The lowest BCUT2D eigenvalue weighted by Gasteiger charge is -2.24. The van der Waals surface area contributed by atoms with Gasteiger partial charge in [-0.2, -0.15) is 0 Å². The molecule has 2 amide bonds. The zero-order chi connectivity index (χ0) is 15.1. The molecular formula is C15H27IN4O2. The topological polar surface area (TPSA) is 73.8 Å². The van der Waals surface area contributed by atoms with Gasteiger partial charge in [-0.3, -0.25) is 19.5 Å². The first kappa shape index (κ1) is 19.2. The van der Waals surface area contributed by atoms with Gasteiger partial charge < -0.3 is 10.6 Å². The van der Waals surface area contributed by atoms with Gasteiger partial charge in [0, 0.05) is 32.0 Å². The van der Waals surface area contributed by atoms with Crippen LogP contribution in [0.2, 0.25) is 0 Å². The monoisotopic (exact) mass is 422 g/mol. The molecule has 1 aliphatic heterocycles. The summed E-state index contributed by atoms with van der Waals surface area (Å²) in [4.78, 5) is 29.3. The lowest BCUT2D eigenvalue weighted by Crippen LogP contribution is -2.44. The fourth-order valence-corrected chi connectivity index (χ4v) is 2.89. The zero-order valence-electron chi connectivity index (χ0n) is 13.3. The molecule has 0 aromatic heterocycles. The highest BCUT2D eigenvalue weighted by atomic mass is 127. The Bertz CT molecular complexity index is 392. The first-order chi connectivity index (χ1) is 10.2. The molecule has 2 rings (SSSR count). The van der Waals surface area contributed by atoms with Crippen molar-refractivity contribution in [2.45, 2.75) is 57.9 Å². The van der Waals surface area contributed by atoms with Gasteiger partial charge in [-0.15, -0.1) is 24.0 Å². The van der Waals surface area contributed by atoms with Crippen LogP contribution in [-0.4, -0.2) is 48.3 Å². The van der Waals surface area contributed by atoms with E-state index in [0.717, 1.165) is 12.5 Å². The summed E-state index contributed by atoms with van der Waals surface area (Å²) in [6.45, 7) is 3.68. The van der Waals surface area contributed by atoms with Crippen molar-refractivity contribution in [1.82, 2.24) is 15.5 Å². The SMILES string of the molecule is CCNC(=NCCN1C(=O)CCCC1=O)NC1CCCC1.I.